The van der Waals surface area contributed by atoms with Crippen LogP contribution < -0.4 is 10.1 Å². The molecule has 4 aromatic carbocycles. The summed E-state index contributed by atoms with van der Waals surface area (Å²) in [6.07, 6.45) is 4.26. The van der Waals surface area contributed by atoms with E-state index in [1.807, 2.05) is 6.07 Å². The first-order chi connectivity index (χ1) is 19.7. The first kappa shape index (κ1) is 24.0. The number of phenols is 1. The Morgan fingerprint density at radius 2 is 1.45 bits per heavy atom. The van der Waals surface area contributed by atoms with Crippen LogP contribution in [0.3, 0.4) is 0 Å². The number of H-pyrrole nitrogens is 2. The number of hydrogen-bond acceptors (Lipinski definition) is 6. The Bertz CT molecular complexity index is 1880. The largest absolute Gasteiger partial charge is 0.504 e. The number of rotatable bonds is 7. The van der Waals surface area contributed by atoms with E-state index >= 15 is 0 Å². The van der Waals surface area contributed by atoms with Crippen LogP contribution in [0.25, 0.3) is 32.4 Å². The minimum atomic E-state index is 0.0377. The molecular formula is C32H25N5O2S. The highest BCUT2D eigenvalue weighted by atomic mass is 32.1. The third kappa shape index (κ3) is 4.24. The number of para-hydroxylation sites is 2. The molecule has 0 fully saturated rings. The van der Waals surface area contributed by atoms with E-state index < -0.39 is 0 Å². The van der Waals surface area contributed by atoms with Gasteiger partial charge in [0, 0.05) is 57.4 Å². The number of aromatic hydroxyl groups is 1. The van der Waals surface area contributed by atoms with E-state index in [2.05, 4.69) is 111 Å². The van der Waals surface area contributed by atoms with Gasteiger partial charge in [-0.3, -0.25) is 0 Å². The minimum Gasteiger partial charge on any atom is -0.504 e. The summed E-state index contributed by atoms with van der Waals surface area (Å²) >= 11 is 1.45. The van der Waals surface area contributed by atoms with Gasteiger partial charge >= 0.3 is 0 Å². The maximum absolute atomic E-state index is 10.1. The van der Waals surface area contributed by atoms with Crippen LogP contribution in [0.5, 0.6) is 11.5 Å². The molecule has 0 aliphatic carbocycles. The summed E-state index contributed by atoms with van der Waals surface area (Å²) < 4.78 is 5.12. The van der Waals surface area contributed by atoms with Crippen LogP contribution in [0, 0.1) is 0 Å². The van der Waals surface area contributed by atoms with Crippen LogP contribution in [-0.2, 0) is 0 Å². The second-order valence-electron chi connectivity index (χ2n) is 9.56. The number of aromatic amines is 2. The molecule has 8 heteroatoms. The highest BCUT2D eigenvalue weighted by Gasteiger charge is 2.23. The van der Waals surface area contributed by atoms with Gasteiger partial charge in [-0.15, -0.1) is 10.2 Å². The van der Waals surface area contributed by atoms with E-state index in [1.54, 1.807) is 12.1 Å². The summed E-state index contributed by atoms with van der Waals surface area (Å²) in [7, 11) is 1.52. The third-order valence-corrected chi connectivity index (χ3v) is 8.10. The fourth-order valence-corrected chi connectivity index (χ4v) is 6.06. The van der Waals surface area contributed by atoms with Crippen molar-refractivity contribution in [1.82, 2.24) is 20.2 Å². The van der Waals surface area contributed by atoms with E-state index in [0.29, 0.717) is 16.6 Å². The summed E-state index contributed by atoms with van der Waals surface area (Å²) in [6, 6.07) is 30.6. The van der Waals surface area contributed by atoms with E-state index in [9.17, 15) is 5.11 Å². The van der Waals surface area contributed by atoms with Crippen LogP contribution >= 0.6 is 11.3 Å². The second-order valence-corrected chi connectivity index (χ2v) is 10.5. The van der Waals surface area contributed by atoms with Crippen LogP contribution in [0.2, 0.25) is 0 Å². The van der Waals surface area contributed by atoms with Gasteiger partial charge in [-0.2, -0.15) is 0 Å². The number of phenolic OH excluding ortho intramolecular Hbond substituents is 1. The average molecular weight is 544 g/mol. The number of benzene rings is 4. The number of aromatic nitrogens is 4. The van der Waals surface area contributed by atoms with Crippen LogP contribution in [0.15, 0.2) is 103 Å². The van der Waals surface area contributed by atoms with Crippen molar-refractivity contribution in [3.63, 3.8) is 0 Å². The third-order valence-electron chi connectivity index (χ3n) is 7.21. The monoisotopic (exact) mass is 543 g/mol. The lowest BCUT2D eigenvalue weighted by molar-refractivity contribution is 0.373. The Hall–Kier alpha value is -5.08. The SMILES string of the molecule is COc1ccc(Nc2nnc(-c3ccc(C(c4c[nH]c5ccccc45)c4c[nH]c5ccccc45)cc3)s2)cc1O. The second kappa shape index (κ2) is 9.91. The molecule has 0 radical (unpaired) electrons. The van der Waals surface area contributed by atoms with E-state index in [0.717, 1.165) is 21.6 Å². The van der Waals surface area contributed by atoms with Gasteiger partial charge in [0.1, 0.15) is 5.01 Å². The normalized spacial score (nSPS) is 11.4. The van der Waals surface area contributed by atoms with Gasteiger partial charge in [-0.25, -0.2) is 0 Å². The molecule has 0 saturated heterocycles. The van der Waals surface area contributed by atoms with E-state index in [-0.39, 0.29) is 11.7 Å². The fourth-order valence-electron chi connectivity index (χ4n) is 5.29. The molecule has 0 atom stereocenters. The van der Waals surface area contributed by atoms with Crippen molar-refractivity contribution in [2.75, 3.05) is 12.4 Å². The standard InChI is InChI=1S/C32H25N5O2S/c1-39-29-15-14-21(16-28(29)38)35-32-37-36-31(40-32)20-12-10-19(11-13-20)30(24-17-33-26-8-4-2-6-22(24)26)25-18-34-27-9-5-3-7-23(25)27/h2-18,30,33-34,38H,1H3,(H,35,37). The lowest BCUT2D eigenvalue weighted by atomic mass is 9.84. The van der Waals surface area contributed by atoms with Crippen molar-refractivity contribution >= 4 is 44.0 Å². The number of methoxy groups -OCH3 is 1. The quantitative estimate of drug-likeness (QED) is 0.164. The van der Waals surface area contributed by atoms with Gasteiger partial charge in [0.25, 0.3) is 0 Å². The Morgan fingerprint density at radius 1 is 0.800 bits per heavy atom. The summed E-state index contributed by atoms with van der Waals surface area (Å²) in [6.45, 7) is 0. The molecule has 7 rings (SSSR count). The summed E-state index contributed by atoms with van der Waals surface area (Å²) in [5, 5.41) is 25.9. The number of nitrogens with one attached hydrogen (secondary N) is 3. The number of nitrogens with zero attached hydrogens (tertiary/aromatic N) is 2. The van der Waals surface area contributed by atoms with Gasteiger partial charge in [0.05, 0.1) is 7.11 Å². The number of anilines is 2. The topological polar surface area (TPSA) is 98.9 Å². The molecule has 3 aromatic heterocycles. The highest BCUT2D eigenvalue weighted by molar-refractivity contribution is 7.18. The van der Waals surface area contributed by atoms with Crippen LogP contribution in [0.1, 0.15) is 22.6 Å². The Morgan fingerprint density at radius 3 is 2.08 bits per heavy atom. The smallest absolute Gasteiger partial charge is 0.210 e. The molecular weight excluding hydrogens is 518 g/mol. The first-order valence-corrected chi connectivity index (χ1v) is 13.7. The maximum Gasteiger partial charge on any atom is 0.210 e. The predicted molar refractivity (Wildman–Crippen MR) is 161 cm³/mol. The molecule has 0 spiro atoms. The van der Waals surface area contributed by atoms with Crippen LogP contribution in [-0.4, -0.2) is 32.4 Å². The minimum absolute atomic E-state index is 0.0377. The van der Waals surface area contributed by atoms with Crippen molar-refractivity contribution in [3.8, 4) is 22.1 Å². The van der Waals surface area contributed by atoms with Gasteiger partial charge in [0.2, 0.25) is 5.13 Å². The zero-order chi connectivity index (χ0) is 27.1. The number of ether oxygens (including phenoxy) is 1. The van der Waals surface area contributed by atoms with Gasteiger partial charge in [-0.1, -0.05) is 72.0 Å². The molecule has 4 N–H and O–H groups in total. The molecule has 7 nitrogen and oxygen atoms in total. The number of fused-ring (bicyclic) bond motifs is 2. The molecule has 7 aromatic rings. The predicted octanol–water partition coefficient (Wildman–Crippen LogP) is 7.81. The molecule has 40 heavy (non-hydrogen) atoms. The average Bonchev–Trinajstić information content (AvgIpc) is 3.74. The van der Waals surface area contributed by atoms with Crippen molar-refractivity contribution in [1.29, 1.82) is 0 Å². The number of hydrogen-bond donors (Lipinski definition) is 4. The fraction of sp³-hybridized carbons (Fsp3) is 0.0625. The molecule has 196 valence electrons. The van der Waals surface area contributed by atoms with Crippen LogP contribution in [0.4, 0.5) is 10.8 Å². The van der Waals surface area contributed by atoms with Crippen molar-refractivity contribution in [2.24, 2.45) is 0 Å². The molecule has 0 unspecified atom stereocenters. The van der Waals surface area contributed by atoms with Crippen molar-refractivity contribution in [3.05, 3.63) is 120 Å². The highest BCUT2D eigenvalue weighted by Crippen LogP contribution is 2.40. The molecule has 0 aliphatic heterocycles. The van der Waals surface area contributed by atoms with Crippen molar-refractivity contribution < 1.29 is 9.84 Å². The zero-order valence-electron chi connectivity index (χ0n) is 21.6. The lowest BCUT2D eigenvalue weighted by Crippen LogP contribution is -2.02. The molecule has 0 aliphatic rings. The summed E-state index contributed by atoms with van der Waals surface area (Å²) in [4.78, 5) is 6.92. The molecule has 3 heterocycles. The summed E-state index contributed by atoms with van der Waals surface area (Å²) in [5.74, 6) is 0.519. The van der Waals surface area contributed by atoms with E-state index in [4.69, 9.17) is 4.74 Å². The zero-order valence-corrected chi connectivity index (χ0v) is 22.4. The maximum atomic E-state index is 10.1. The van der Waals surface area contributed by atoms with Gasteiger partial charge in [-0.05, 0) is 41.0 Å². The van der Waals surface area contributed by atoms with Gasteiger partial charge < -0.3 is 25.1 Å². The Labute approximate surface area is 234 Å². The Balaban J connectivity index is 1.23. The Kier molecular flexibility index (Phi) is 5.94. The lowest BCUT2D eigenvalue weighted by Gasteiger charge is -2.18. The molecule has 0 amide bonds. The summed E-state index contributed by atoms with van der Waals surface area (Å²) in [5.41, 5.74) is 7.60. The first-order valence-electron chi connectivity index (χ1n) is 12.9. The van der Waals surface area contributed by atoms with Crippen molar-refractivity contribution in [2.45, 2.75) is 5.92 Å². The van der Waals surface area contributed by atoms with E-state index in [1.165, 1.54) is 45.9 Å². The molecule has 0 bridgehead atoms. The molecule has 0 saturated carbocycles. The van der Waals surface area contributed by atoms with Gasteiger partial charge in [0.15, 0.2) is 11.5 Å².